The highest BCUT2D eigenvalue weighted by Gasteiger charge is 2.28. The highest BCUT2D eigenvalue weighted by Crippen LogP contribution is 2.22. The molecule has 94 valence electrons. The van der Waals surface area contributed by atoms with Crippen LogP contribution < -0.4 is 0 Å². The average molecular weight is 244 g/mol. The summed E-state index contributed by atoms with van der Waals surface area (Å²) < 4.78 is 5.43. The molecule has 0 spiro atoms. The fraction of sp³-hybridized carbons (Fsp3) is 1.00. The minimum absolute atomic E-state index is 0.670. The fourth-order valence-electron chi connectivity index (χ4n) is 2.70. The zero-order valence-electron chi connectivity index (χ0n) is 10.5. The molecule has 1 unspecified atom stereocenters. The number of thioether (sulfide) groups is 1. The van der Waals surface area contributed by atoms with Crippen molar-refractivity contribution in [1.29, 1.82) is 0 Å². The lowest BCUT2D eigenvalue weighted by Gasteiger charge is -2.42. The third-order valence-electron chi connectivity index (χ3n) is 3.85. The lowest BCUT2D eigenvalue weighted by Crippen LogP contribution is -2.52. The van der Waals surface area contributed by atoms with E-state index in [2.05, 4.69) is 23.0 Å². The topological polar surface area (TPSA) is 15.7 Å². The predicted octanol–water partition coefficient (Wildman–Crippen LogP) is 1.49. The van der Waals surface area contributed by atoms with Crippen molar-refractivity contribution in [3.05, 3.63) is 0 Å². The number of rotatable bonds is 3. The van der Waals surface area contributed by atoms with Gasteiger partial charge in [-0.3, -0.25) is 9.80 Å². The Morgan fingerprint density at radius 3 is 2.69 bits per heavy atom. The van der Waals surface area contributed by atoms with Gasteiger partial charge in [0, 0.05) is 25.7 Å². The van der Waals surface area contributed by atoms with Gasteiger partial charge in [-0.15, -0.1) is 11.8 Å². The van der Waals surface area contributed by atoms with Gasteiger partial charge in [-0.1, -0.05) is 0 Å². The first-order valence-corrected chi connectivity index (χ1v) is 7.68. The van der Waals surface area contributed by atoms with Crippen molar-refractivity contribution in [3.8, 4) is 0 Å². The molecule has 0 amide bonds. The van der Waals surface area contributed by atoms with Crippen molar-refractivity contribution in [3.63, 3.8) is 0 Å². The standard InChI is InChI=1S/C12H24N2OS/c1-11(16-2)14-5-3-4-12(10-14)13-6-8-15-9-7-13/h11-12H,3-10H2,1-2H3/t11?,12-/m0/s1. The van der Waals surface area contributed by atoms with Crippen LogP contribution in [0.25, 0.3) is 0 Å². The van der Waals surface area contributed by atoms with Crippen LogP contribution in [0.3, 0.4) is 0 Å². The van der Waals surface area contributed by atoms with E-state index < -0.39 is 0 Å². The molecule has 2 saturated heterocycles. The predicted molar refractivity (Wildman–Crippen MR) is 70.0 cm³/mol. The number of piperidine rings is 1. The molecule has 2 rings (SSSR count). The molecule has 0 saturated carbocycles. The molecule has 0 aromatic carbocycles. The number of hydrogen-bond acceptors (Lipinski definition) is 4. The van der Waals surface area contributed by atoms with Gasteiger partial charge in [0.25, 0.3) is 0 Å². The largest absolute Gasteiger partial charge is 0.379 e. The van der Waals surface area contributed by atoms with Crippen LogP contribution in [-0.4, -0.2) is 66.9 Å². The van der Waals surface area contributed by atoms with Gasteiger partial charge in [-0.25, -0.2) is 0 Å². The first-order chi connectivity index (χ1) is 7.81. The Morgan fingerprint density at radius 2 is 2.00 bits per heavy atom. The van der Waals surface area contributed by atoms with Gasteiger partial charge in [0.2, 0.25) is 0 Å². The molecule has 2 atom stereocenters. The van der Waals surface area contributed by atoms with E-state index in [0.29, 0.717) is 5.37 Å². The molecule has 2 fully saturated rings. The maximum atomic E-state index is 5.43. The molecular weight excluding hydrogens is 220 g/mol. The quantitative estimate of drug-likeness (QED) is 0.747. The summed E-state index contributed by atoms with van der Waals surface area (Å²) in [5.41, 5.74) is 0. The average Bonchev–Trinajstić information content (AvgIpc) is 2.39. The van der Waals surface area contributed by atoms with Gasteiger partial charge < -0.3 is 4.74 Å². The van der Waals surface area contributed by atoms with Gasteiger partial charge in [0.15, 0.2) is 0 Å². The van der Waals surface area contributed by atoms with Gasteiger partial charge >= 0.3 is 0 Å². The highest BCUT2D eigenvalue weighted by atomic mass is 32.2. The molecular formula is C12H24N2OS. The molecule has 0 aromatic heterocycles. The number of nitrogens with zero attached hydrogens (tertiary/aromatic N) is 2. The number of hydrogen-bond donors (Lipinski definition) is 0. The van der Waals surface area contributed by atoms with E-state index in [1.165, 1.54) is 25.9 Å². The van der Waals surface area contributed by atoms with Gasteiger partial charge in [0.1, 0.15) is 0 Å². The SMILES string of the molecule is CSC(C)N1CCC[C@H](N2CCOCC2)C1. The van der Waals surface area contributed by atoms with Crippen LogP contribution in [0, 0.1) is 0 Å². The molecule has 2 heterocycles. The minimum Gasteiger partial charge on any atom is -0.379 e. The van der Waals surface area contributed by atoms with Crippen molar-refractivity contribution in [2.24, 2.45) is 0 Å². The van der Waals surface area contributed by atoms with Gasteiger partial charge in [-0.2, -0.15) is 0 Å². The van der Waals surface area contributed by atoms with E-state index in [-0.39, 0.29) is 0 Å². The van der Waals surface area contributed by atoms with Crippen LogP contribution in [0.5, 0.6) is 0 Å². The summed E-state index contributed by atoms with van der Waals surface area (Å²) in [6.07, 6.45) is 4.94. The third-order valence-corrected chi connectivity index (χ3v) is 4.83. The molecule has 0 radical (unpaired) electrons. The molecule has 2 aliphatic rings. The van der Waals surface area contributed by atoms with Crippen LogP contribution in [-0.2, 0) is 4.74 Å². The van der Waals surface area contributed by atoms with E-state index in [1.807, 2.05) is 11.8 Å². The van der Waals surface area contributed by atoms with Crippen LogP contribution in [0.4, 0.5) is 0 Å². The Kier molecular flexibility index (Phi) is 4.95. The second kappa shape index (κ2) is 6.24. The molecule has 2 aliphatic heterocycles. The van der Waals surface area contributed by atoms with Crippen LogP contribution in [0.15, 0.2) is 0 Å². The number of ether oxygens (including phenoxy) is 1. The molecule has 0 N–H and O–H groups in total. The van der Waals surface area contributed by atoms with Crippen molar-refractivity contribution in [1.82, 2.24) is 9.80 Å². The summed E-state index contributed by atoms with van der Waals surface area (Å²) in [5, 5.41) is 0.670. The maximum absolute atomic E-state index is 5.43. The van der Waals surface area contributed by atoms with Crippen molar-refractivity contribution in [2.45, 2.75) is 31.2 Å². The lowest BCUT2D eigenvalue weighted by atomic mass is 10.0. The number of likely N-dealkylation sites (tertiary alicyclic amines) is 1. The Labute approximate surface area is 103 Å². The highest BCUT2D eigenvalue weighted by molar-refractivity contribution is 7.99. The van der Waals surface area contributed by atoms with E-state index in [1.54, 1.807) is 0 Å². The van der Waals surface area contributed by atoms with Gasteiger partial charge in [-0.05, 0) is 32.6 Å². The smallest absolute Gasteiger partial charge is 0.0594 e. The van der Waals surface area contributed by atoms with Crippen LogP contribution >= 0.6 is 11.8 Å². The van der Waals surface area contributed by atoms with Crippen molar-refractivity contribution in [2.75, 3.05) is 45.6 Å². The van der Waals surface area contributed by atoms with Crippen LogP contribution in [0.2, 0.25) is 0 Å². The van der Waals surface area contributed by atoms with E-state index in [0.717, 1.165) is 32.3 Å². The summed E-state index contributed by atoms with van der Waals surface area (Å²) >= 11 is 1.96. The summed E-state index contributed by atoms with van der Waals surface area (Å²) in [7, 11) is 0. The summed E-state index contributed by atoms with van der Waals surface area (Å²) in [6, 6.07) is 0.771. The first kappa shape index (κ1) is 12.7. The third kappa shape index (κ3) is 3.13. The van der Waals surface area contributed by atoms with E-state index in [9.17, 15) is 0 Å². The van der Waals surface area contributed by atoms with E-state index in [4.69, 9.17) is 4.74 Å². The molecule has 3 nitrogen and oxygen atoms in total. The van der Waals surface area contributed by atoms with Crippen molar-refractivity contribution < 1.29 is 4.74 Å². The normalized spacial score (nSPS) is 31.5. The van der Waals surface area contributed by atoms with Crippen molar-refractivity contribution >= 4 is 11.8 Å². The monoisotopic (exact) mass is 244 g/mol. The summed E-state index contributed by atoms with van der Waals surface area (Å²) in [6.45, 7) is 8.97. The summed E-state index contributed by atoms with van der Waals surface area (Å²) in [4.78, 5) is 5.26. The zero-order chi connectivity index (χ0) is 11.4. The second-order valence-corrected chi connectivity index (χ2v) is 5.93. The molecule has 0 aliphatic carbocycles. The Hall–Kier alpha value is 0.230. The maximum Gasteiger partial charge on any atom is 0.0594 e. The minimum atomic E-state index is 0.670. The molecule has 0 aromatic rings. The first-order valence-electron chi connectivity index (χ1n) is 6.40. The van der Waals surface area contributed by atoms with Gasteiger partial charge in [0.05, 0.1) is 18.6 Å². The Morgan fingerprint density at radius 1 is 1.25 bits per heavy atom. The molecule has 16 heavy (non-hydrogen) atoms. The Balaban J connectivity index is 1.85. The molecule has 4 heteroatoms. The van der Waals surface area contributed by atoms with E-state index >= 15 is 0 Å². The lowest BCUT2D eigenvalue weighted by molar-refractivity contribution is -0.00327. The second-order valence-electron chi connectivity index (χ2n) is 4.77. The Bertz CT molecular complexity index is 209. The fourth-order valence-corrected chi connectivity index (χ4v) is 3.19. The summed E-state index contributed by atoms with van der Waals surface area (Å²) in [5.74, 6) is 0. The van der Waals surface area contributed by atoms with Crippen LogP contribution in [0.1, 0.15) is 19.8 Å². The molecule has 0 bridgehead atoms. The zero-order valence-corrected chi connectivity index (χ0v) is 11.3. The number of morpholine rings is 1.